The molecule has 0 saturated heterocycles. The first kappa shape index (κ1) is 13.6. The van der Waals surface area contributed by atoms with Crippen molar-refractivity contribution in [1.82, 2.24) is 9.97 Å². The lowest BCUT2D eigenvalue weighted by molar-refractivity contribution is 0.0524. The first-order chi connectivity index (χ1) is 8.22. The zero-order chi connectivity index (χ0) is 12.7. The van der Waals surface area contributed by atoms with Gasteiger partial charge in [0, 0.05) is 12.6 Å². The monoisotopic (exact) mass is 236 g/mol. The van der Waals surface area contributed by atoms with Gasteiger partial charge in [-0.2, -0.15) is 0 Å². The molecule has 1 rings (SSSR count). The molecule has 0 radical (unpaired) electrons. The number of carbonyl (C=O) groups is 1. The number of aryl methyl sites for hydroxylation is 2. The van der Waals surface area contributed by atoms with Gasteiger partial charge in [-0.3, -0.25) is 0 Å². The van der Waals surface area contributed by atoms with Crippen LogP contribution in [0.4, 0.5) is 0 Å². The van der Waals surface area contributed by atoms with Gasteiger partial charge in [0.25, 0.3) is 0 Å². The lowest BCUT2D eigenvalue weighted by Gasteiger charge is -2.07. The van der Waals surface area contributed by atoms with Crippen molar-refractivity contribution < 1.29 is 9.53 Å². The third-order valence-electron chi connectivity index (χ3n) is 2.50. The lowest BCUT2D eigenvalue weighted by Crippen LogP contribution is -2.12. The molecule has 4 nitrogen and oxygen atoms in total. The second-order valence-electron chi connectivity index (χ2n) is 3.82. The number of hydrogen-bond donors (Lipinski definition) is 0. The highest BCUT2D eigenvalue weighted by Crippen LogP contribution is 2.09. The molecular formula is C13H20N2O2. The minimum atomic E-state index is -0.327. The zero-order valence-electron chi connectivity index (χ0n) is 10.8. The Kier molecular flexibility index (Phi) is 5.60. The van der Waals surface area contributed by atoms with Gasteiger partial charge in [0.15, 0.2) is 0 Å². The van der Waals surface area contributed by atoms with Gasteiger partial charge in [-0.15, -0.1) is 0 Å². The maximum Gasteiger partial charge on any atom is 0.341 e. The molecule has 0 spiro atoms. The molecule has 94 valence electrons. The van der Waals surface area contributed by atoms with Crippen LogP contribution in [0.5, 0.6) is 0 Å². The molecule has 0 saturated carbocycles. The number of hydrogen-bond acceptors (Lipinski definition) is 4. The normalized spacial score (nSPS) is 10.3. The highest BCUT2D eigenvalue weighted by Gasteiger charge is 2.14. The fraction of sp³-hybridized carbons (Fsp3) is 0.615. The molecule has 1 aromatic heterocycles. The van der Waals surface area contributed by atoms with Crippen LogP contribution < -0.4 is 0 Å². The van der Waals surface area contributed by atoms with Crippen molar-refractivity contribution in [2.75, 3.05) is 6.61 Å². The van der Waals surface area contributed by atoms with Gasteiger partial charge in [0.1, 0.15) is 5.82 Å². The van der Waals surface area contributed by atoms with E-state index in [9.17, 15) is 4.79 Å². The van der Waals surface area contributed by atoms with Crippen LogP contribution in [-0.2, 0) is 17.6 Å². The quantitative estimate of drug-likeness (QED) is 0.712. The third-order valence-corrected chi connectivity index (χ3v) is 2.50. The van der Waals surface area contributed by atoms with E-state index in [2.05, 4.69) is 16.9 Å². The molecule has 0 fully saturated rings. The third kappa shape index (κ3) is 3.80. The molecule has 1 heterocycles. The van der Waals surface area contributed by atoms with Gasteiger partial charge >= 0.3 is 5.97 Å². The fourth-order valence-electron chi connectivity index (χ4n) is 1.56. The molecule has 4 heteroatoms. The van der Waals surface area contributed by atoms with Crippen molar-refractivity contribution in [3.05, 3.63) is 23.3 Å². The Morgan fingerprint density at radius 3 is 2.71 bits per heavy atom. The molecule has 0 aliphatic heterocycles. The first-order valence-electron chi connectivity index (χ1n) is 6.24. The molecule has 0 atom stereocenters. The van der Waals surface area contributed by atoms with Crippen molar-refractivity contribution in [3.8, 4) is 0 Å². The second kappa shape index (κ2) is 6.99. The topological polar surface area (TPSA) is 52.1 Å². The maximum absolute atomic E-state index is 11.6. The Bertz CT molecular complexity index is 378. The molecule has 1 aromatic rings. The average Bonchev–Trinajstić information content (AvgIpc) is 2.36. The summed E-state index contributed by atoms with van der Waals surface area (Å²) in [5, 5.41) is 0. The van der Waals surface area contributed by atoms with Crippen LogP contribution in [0.2, 0.25) is 0 Å². The van der Waals surface area contributed by atoms with E-state index < -0.39 is 0 Å². The Balaban J connectivity index is 2.88. The Labute approximate surface area is 102 Å². The molecule has 0 bridgehead atoms. The molecule has 0 N–H and O–H groups in total. The van der Waals surface area contributed by atoms with Crippen LogP contribution in [0.1, 0.15) is 55.5 Å². The van der Waals surface area contributed by atoms with Gasteiger partial charge in [-0.25, -0.2) is 14.8 Å². The van der Waals surface area contributed by atoms with Gasteiger partial charge in [-0.05, 0) is 19.8 Å². The highest BCUT2D eigenvalue weighted by atomic mass is 16.5. The fourth-order valence-corrected chi connectivity index (χ4v) is 1.56. The number of aromatic nitrogens is 2. The lowest BCUT2D eigenvalue weighted by atomic mass is 10.1. The van der Waals surface area contributed by atoms with Gasteiger partial charge < -0.3 is 4.74 Å². The van der Waals surface area contributed by atoms with E-state index in [-0.39, 0.29) is 5.97 Å². The number of carbonyl (C=O) groups excluding carboxylic acids is 1. The standard InChI is InChI=1S/C13H20N2O2/c1-4-7-8-12-14-9-10(11(5-2)15-12)13(16)17-6-3/h9H,4-8H2,1-3H3. The predicted molar refractivity (Wildman–Crippen MR) is 66.0 cm³/mol. The largest absolute Gasteiger partial charge is 0.462 e. The molecule has 0 aliphatic carbocycles. The zero-order valence-corrected chi connectivity index (χ0v) is 10.8. The minimum Gasteiger partial charge on any atom is -0.462 e. The van der Waals surface area contributed by atoms with Gasteiger partial charge in [-0.1, -0.05) is 20.3 Å². The molecule has 0 unspecified atom stereocenters. The van der Waals surface area contributed by atoms with Crippen LogP contribution in [0.3, 0.4) is 0 Å². The van der Waals surface area contributed by atoms with E-state index >= 15 is 0 Å². The van der Waals surface area contributed by atoms with Crippen LogP contribution >= 0.6 is 0 Å². The van der Waals surface area contributed by atoms with E-state index in [4.69, 9.17) is 4.74 Å². The van der Waals surface area contributed by atoms with Gasteiger partial charge in [0.2, 0.25) is 0 Å². The summed E-state index contributed by atoms with van der Waals surface area (Å²) in [4.78, 5) is 20.3. The number of ether oxygens (including phenoxy) is 1. The predicted octanol–water partition coefficient (Wildman–Crippen LogP) is 2.56. The van der Waals surface area contributed by atoms with E-state index in [1.165, 1.54) is 0 Å². The summed E-state index contributed by atoms with van der Waals surface area (Å²) in [5.41, 5.74) is 1.28. The SMILES string of the molecule is CCCCc1ncc(C(=O)OCC)c(CC)n1. The summed E-state index contributed by atoms with van der Waals surface area (Å²) in [7, 11) is 0. The maximum atomic E-state index is 11.6. The van der Waals surface area contributed by atoms with Crippen molar-refractivity contribution >= 4 is 5.97 Å². The minimum absolute atomic E-state index is 0.327. The Hall–Kier alpha value is -1.45. The summed E-state index contributed by atoms with van der Waals surface area (Å²) >= 11 is 0. The first-order valence-corrected chi connectivity index (χ1v) is 6.24. The summed E-state index contributed by atoms with van der Waals surface area (Å²) in [5.74, 6) is 0.489. The molecule has 0 aromatic carbocycles. The molecule has 0 amide bonds. The summed E-state index contributed by atoms with van der Waals surface area (Å²) < 4.78 is 4.97. The van der Waals surface area contributed by atoms with Crippen LogP contribution in [-0.4, -0.2) is 22.5 Å². The summed E-state index contributed by atoms with van der Waals surface area (Å²) in [6.07, 6.45) is 5.36. The highest BCUT2D eigenvalue weighted by molar-refractivity contribution is 5.90. The number of unbranched alkanes of at least 4 members (excludes halogenated alkanes) is 1. The number of nitrogens with zero attached hydrogens (tertiary/aromatic N) is 2. The second-order valence-corrected chi connectivity index (χ2v) is 3.82. The van der Waals surface area contributed by atoms with Crippen molar-refractivity contribution in [2.45, 2.75) is 46.5 Å². The van der Waals surface area contributed by atoms with E-state index in [0.29, 0.717) is 12.2 Å². The Morgan fingerprint density at radius 1 is 1.35 bits per heavy atom. The van der Waals surface area contributed by atoms with Crippen molar-refractivity contribution in [1.29, 1.82) is 0 Å². The Morgan fingerprint density at radius 2 is 2.12 bits per heavy atom. The average molecular weight is 236 g/mol. The van der Waals surface area contributed by atoms with E-state index in [0.717, 1.165) is 37.2 Å². The van der Waals surface area contributed by atoms with Crippen LogP contribution in [0, 0.1) is 0 Å². The molecular weight excluding hydrogens is 216 g/mol. The summed E-state index contributed by atoms with van der Waals surface area (Å²) in [6, 6.07) is 0. The number of esters is 1. The van der Waals surface area contributed by atoms with Crippen molar-refractivity contribution in [2.24, 2.45) is 0 Å². The van der Waals surface area contributed by atoms with Gasteiger partial charge in [0.05, 0.1) is 17.9 Å². The van der Waals surface area contributed by atoms with E-state index in [1.807, 2.05) is 6.92 Å². The van der Waals surface area contributed by atoms with Crippen molar-refractivity contribution in [3.63, 3.8) is 0 Å². The van der Waals surface area contributed by atoms with Crippen LogP contribution in [0.25, 0.3) is 0 Å². The number of rotatable bonds is 6. The van der Waals surface area contributed by atoms with E-state index in [1.54, 1.807) is 13.1 Å². The molecule has 0 aliphatic rings. The summed E-state index contributed by atoms with van der Waals surface area (Å²) in [6.45, 7) is 6.28. The van der Waals surface area contributed by atoms with Crippen LogP contribution in [0.15, 0.2) is 6.20 Å². The smallest absolute Gasteiger partial charge is 0.341 e. The molecule has 17 heavy (non-hydrogen) atoms.